The Morgan fingerprint density at radius 3 is 2.89 bits per heavy atom. The van der Waals surface area contributed by atoms with Crippen LogP contribution in [-0.2, 0) is 13.1 Å². The highest BCUT2D eigenvalue weighted by Crippen LogP contribution is 2.18. The quantitative estimate of drug-likeness (QED) is 0.826. The van der Waals surface area contributed by atoms with Crippen molar-refractivity contribution in [2.75, 3.05) is 11.9 Å². The molecule has 6 nitrogen and oxygen atoms in total. The molecule has 19 heavy (non-hydrogen) atoms. The van der Waals surface area contributed by atoms with Gasteiger partial charge in [-0.15, -0.1) is 0 Å². The number of benzene rings is 1. The first-order valence-electron chi connectivity index (χ1n) is 6.55. The summed E-state index contributed by atoms with van der Waals surface area (Å²) in [6, 6.07) is 7.96. The molecule has 0 unspecified atom stereocenters. The van der Waals surface area contributed by atoms with E-state index >= 15 is 0 Å². The molecule has 0 aliphatic carbocycles. The number of aromatic nitrogens is 4. The van der Waals surface area contributed by atoms with E-state index < -0.39 is 0 Å². The highest BCUT2D eigenvalue weighted by Gasteiger charge is 2.06. The smallest absolute Gasteiger partial charge is 0.243 e. The fourth-order valence-corrected chi connectivity index (χ4v) is 1.81. The molecule has 2 rings (SSSR count). The van der Waals surface area contributed by atoms with Crippen LogP contribution < -0.4 is 10.1 Å². The normalized spacial score (nSPS) is 10.4. The van der Waals surface area contributed by atoms with Gasteiger partial charge >= 0.3 is 0 Å². The van der Waals surface area contributed by atoms with Gasteiger partial charge in [-0.25, -0.2) is 4.68 Å². The van der Waals surface area contributed by atoms with E-state index in [1.165, 1.54) is 0 Å². The van der Waals surface area contributed by atoms with Gasteiger partial charge in [0.1, 0.15) is 5.75 Å². The SMILES string of the molecule is CCCn1nnnc1NCc1ccccc1OCC. The van der Waals surface area contributed by atoms with Crippen LogP contribution in [0.25, 0.3) is 0 Å². The summed E-state index contributed by atoms with van der Waals surface area (Å²) in [5.41, 5.74) is 1.09. The van der Waals surface area contributed by atoms with Crippen LogP contribution in [0.1, 0.15) is 25.8 Å². The molecule has 102 valence electrons. The zero-order valence-corrected chi connectivity index (χ0v) is 11.3. The average Bonchev–Trinajstić information content (AvgIpc) is 2.86. The first kappa shape index (κ1) is 13.3. The largest absolute Gasteiger partial charge is 0.494 e. The summed E-state index contributed by atoms with van der Waals surface area (Å²) >= 11 is 0. The summed E-state index contributed by atoms with van der Waals surface area (Å²) in [6.45, 7) is 6.18. The molecule has 1 aromatic heterocycles. The molecule has 0 aliphatic rings. The lowest BCUT2D eigenvalue weighted by Crippen LogP contribution is -2.09. The van der Waals surface area contributed by atoms with Gasteiger partial charge in [-0.05, 0) is 29.8 Å². The van der Waals surface area contributed by atoms with Crippen molar-refractivity contribution in [1.82, 2.24) is 20.2 Å². The molecule has 0 bridgehead atoms. The number of anilines is 1. The molecule has 0 spiro atoms. The number of hydrogen-bond acceptors (Lipinski definition) is 5. The van der Waals surface area contributed by atoms with Gasteiger partial charge in [-0.2, -0.15) is 0 Å². The Kier molecular flexibility index (Phi) is 4.72. The lowest BCUT2D eigenvalue weighted by atomic mass is 10.2. The Hall–Kier alpha value is -2.11. The first-order valence-corrected chi connectivity index (χ1v) is 6.55. The van der Waals surface area contributed by atoms with E-state index in [-0.39, 0.29) is 0 Å². The molecular weight excluding hydrogens is 242 g/mol. The summed E-state index contributed by atoms with van der Waals surface area (Å²) in [5, 5.41) is 14.8. The van der Waals surface area contributed by atoms with Crippen LogP contribution in [0.3, 0.4) is 0 Å². The van der Waals surface area contributed by atoms with E-state index in [9.17, 15) is 0 Å². The van der Waals surface area contributed by atoms with Crippen molar-refractivity contribution in [2.24, 2.45) is 0 Å². The van der Waals surface area contributed by atoms with Gasteiger partial charge in [0.25, 0.3) is 0 Å². The lowest BCUT2D eigenvalue weighted by Gasteiger charge is -2.11. The number of ether oxygens (including phenoxy) is 1. The minimum atomic E-state index is 0.639. The number of rotatable bonds is 7. The van der Waals surface area contributed by atoms with Gasteiger partial charge in [0, 0.05) is 18.7 Å². The number of nitrogens with one attached hydrogen (secondary N) is 1. The fraction of sp³-hybridized carbons (Fsp3) is 0.462. The first-order chi connectivity index (χ1) is 9.35. The summed E-state index contributed by atoms with van der Waals surface area (Å²) in [7, 11) is 0. The maximum Gasteiger partial charge on any atom is 0.243 e. The van der Waals surface area contributed by atoms with Gasteiger partial charge < -0.3 is 10.1 Å². The Balaban J connectivity index is 2.03. The molecule has 0 saturated heterocycles. The molecule has 2 aromatic rings. The molecule has 0 fully saturated rings. The van der Waals surface area contributed by atoms with Gasteiger partial charge in [0.2, 0.25) is 5.95 Å². The van der Waals surface area contributed by atoms with Crippen molar-refractivity contribution in [2.45, 2.75) is 33.4 Å². The predicted molar refractivity (Wildman–Crippen MR) is 73.0 cm³/mol. The highest BCUT2D eigenvalue weighted by atomic mass is 16.5. The van der Waals surface area contributed by atoms with Crippen molar-refractivity contribution >= 4 is 5.95 Å². The minimum absolute atomic E-state index is 0.639. The molecule has 0 radical (unpaired) electrons. The topological polar surface area (TPSA) is 64.9 Å². The molecule has 1 aromatic carbocycles. The van der Waals surface area contributed by atoms with Gasteiger partial charge in [-0.3, -0.25) is 0 Å². The van der Waals surface area contributed by atoms with Crippen LogP contribution in [-0.4, -0.2) is 26.8 Å². The van der Waals surface area contributed by atoms with Crippen LogP contribution in [0.5, 0.6) is 5.75 Å². The van der Waals surface area contributed by atoms with Crippen molar-refractivity contribution in [1.29, 1.82) is 0 Å². The number of nitrogens with zero attached hydrogens (tertiary/aromatic N) is 4. The van der Waals surface area contributed by atoms with E-state index in [1.54, 1.807) is 4.68 Å². The molecule has 6 heteroatoms. The third-order valence-corrected chi connectivity index (χ3v) is 2.68. The van der Waals surface area contributed by atoms with Crippen LogP contribution in [0.2, 0.25) is 0 Å². The highest BCUT2D eigenvalue weighted by molar-refractivity contribution is 5.36. The van der Waals surface area contributed by atoms with E-state index in [0.717, 1.165) is 24.3 Å². The second-order valence-electron chi connectivity index (χ2n) is 4.12. The van der Waals surface area contributed by atoms with Crippen molar-refractivity contribution in [3.05, 3.63) is 29.8 Å². The van der Waals surface area contributed by atoms with Crippen LogP contribution in [0.4, 0.5) is 5.95 Å². The molecule has 1 heterocycles. The second-order valence-corrected chi connectivity index (χ2v) is 4.12. The average molecular weight is 261 g/mol. The van der Waals surface area contributed by atoms with E-state index in [1.807, 2.05) is 31.2 Å². The van der Waals surface area contributed by atoms with Crippen LogP contribution >= 0.6 is 0 Å². The minimum Gasteiger partial charge on any atom is -0.494 e. The number of tetrazole rings is 1. The lowest BCUT2D eigenvalue weighted by molar-refractivity contribution is 0.337. The molecule has 0 saturated carbocycles. The third kappa shape index (κ3) is 3.43. The summed E-state index contributed by atoms with van der Waals surface area (Å²) in [6.07, 6.45) is 0.995. The maximum absolute atomic E-state index is 5.59. The zero-order valence-electron chi connectivity index (χ0n) is 11.3. The Morgan fingerprint density at radius 1 is 1.26 bits per heavy atom. The van der Waals surface area contributed by atoms with Crippen molar-refractivity contribution in [3.63, 3.8) is 0 Å². The molecule has 0 amide bonds. The Morgan fingerprint density at radius 2 is 2.11 bits per heavy atom. The second kappa shape index (κ2) is 6.72. The Bertz CT molecular complexity index is 511. The number of aryl methyl sites for hydroxylation is 1. The number of hydrogen-bond donors (Lipinski definition) is 1. The Labute approximate surface area is 112 Å². The van der Waals surface area contributed by atoms with Crippen LogP contribution in [0.15, 0.2) is 24.3 Å². The fourth-order valence-electron chi connectivity index (χ4n) is 1.81. The third-order valence-electron chi connectivity index (χ3n) is 2.68. The van der Waals surface area contributed by atoms with E-state index in [4.69, 9.17) is 4.74 Å². The maximum atomic E-state index is 5.59. The summed E-state index contributed by atoms with van der Waals surface area (Å²) in [4.78, 5) is 0. The zero-order chi connectivity index (χ0) is 13.5. The van der Waals surface area contributed by atoms with E-state index in [2.05, 4.69) is 27.8 Å². The van der Waals surface area contributed by atoms with Crippen molar-refractivity contribution in [3.8, 4) is 5.75 Å². The summed E-state index contributed by atoms with van der Waals surface area (Å²) < 4.78 is 7.35. The van der Waals surface area contributed by atoms with Crippen LogP contribution in [0, 0.1) is 0 Å². The summed E-state index contributed by atoms with van der Waals surface area (Å²) in [5.74, 6) is 1.58. The standard InChI is InChI=1S/C13H19N5O/c1-3-9-18-13(15-16-17-18)14-10-11-7-5-6-8-12(11)19-4-2/h5-8H,3-4,9-10H2,1-2H3,(H,14,15,17). The van der Waals surface area contributed by atoms with Gasteiger partial charge in [-0.1, -0.05) is 30.2 Å². The van der Waals surface area contributed by atoms with Crippen molar-refractivity contribution < 1.29 is 4.74 Å². The predicted octanol–water partition coefficient (Wildman–Crippen LogP) is 2.09. The molecule has 0 atom stereocenters. The molecule has 1 N–H and O–H groups in total. The number of para-hydroxylation sites is 1. The van der Waals surface area contributed by atoms with Gasteiger partial charge in [0.05, 0.1) is 6.61 Å². The van der Waals surface area contributed by atoms with Gasteiger partial charge in [0.15, 0.2) is 0 Å². The molecule has 0 aliphatic heterocycles. The van der Waals surface area contributed by atoms with E-state index in [0.29, 0.717) is 19.1 Å². The monoisotopic (exact) mass is 261 g/mol. The molecular formula is C13H19N5O.